The average molecular weight is 218 g/mol. The van der Waals surface area contributed by atoms with Crippen molar-refractivity contribution in [3.05, 3.63) is 48.2 Å². The number of pyridine rings is 1. The number of hydrogen-bond donors (Lipinski definition) is 1. The molecular weight excluding hydrogens is 204 g/mol. The van der Waals surface area contributed by atoms with Gasteiger partial charge in [0.1, 0.15) is 5.76 Å². The Morgan fingerprint density at radius 3 is 3.00 bits per heavy atom. The monoisotopic (exact) mass is 218 g/mol. The highest BCUT2D eigenvalue weighted by Gasteiger charge is 2.08. The summed E-state index contributed by atoms with van der Waals surface area (Å²) in [7, 11) is 1.94. The first kappa shape index (κ1) is 10.7. The largest absolute Gasteiger partial charge is 0.467 e. The zero-order chi connectivity index (χ0) is 11.4. The summed E-state index contributed by atoms with van der Waals surface area (Å²) in [5.74, 6) is 0.884. The van der Waals surface area contributed by atoms with Gasteiger partial charge >= 0.3 is 0 Å². The highest BCUT2D eigenvalue weighted by atomic mass is 16.3. The fourth-order valence-electron chi connectivity index (χ4n) is 1.61. The van der Waals surface area contributed by atoms with Gasteiger partial charge in [-0.3, -0.25) is 4.98 Å². The highest BCUT2D eigenvalue weighted by Crippen LogP contribution is 2.19. The van der Waals surface area contributed by atoms with Crippen molar-refractivity contribution < 1.29 is 9.52 Å². The summed E-state index contributed by atoms with van der Waals surface area (Å²) in [6, 6.07) is 5.60. The summed E-state index contributed by atoms with van der Waals surface area (Å²) in [4.78, 5) is 6.06. The van der Waals surface area contributed by atoms with E-state index in [1.807, 2.05) is 30.1 Å². The smallest absolute Gasteiger partial charge is 0.123 e. The normalized spacial score (nSPS) is 10.4. The van der Waals surface area contributed by atoms with Crippen molar-refractivity contribution in [1.82, 2.24) is 4.98 Å². The fraction of sp³-hybridized carbons (Fsp3) is 0.250. The molecule has 4 nitrogen and oxygen atoms in total. The molecule has 2 heterocycles. The van der Waals surface area contributed by atoms with E-state index in [1.165, 1.54) is 0 Å². The fourth-order valence-corrected chi connectivity index (χ4v) is 1.61. The van der Waals surface area contributed by atoms with E-state index in [0.717, 1.165) is 17.0 Å². The quantitative estimate of drug-likeness (QED) is 0.850. The van der Waals surface area contributed by atoms with Crippen molar-refractivity contribution >= 4 is 5.69 Å². The number of nitrogens with zero attached hydrogens (tertiary/aromatic N) is 2. The maximum Gasteiger partial charge on any atom is 0.123 e. The minimum Gasteiger partial charge on any atom is -0.467 e. The molecule has 0 fully saturated rings. The van der Waals surface area contributed by atoms with Crippen LogP contribution >= 0.6 is 0 Å². The molecule has 0 saturated carbocycles. The molecule has 16 heavy (non-hydrogen) atoms. The van der Waals surface area contributed by atoms with Gasteiger partial charge in [0.05, 0.1) is 31.3 Å². The van der Waals surface area contributed by atoms with E-state index in [1.54, 1.807) is 18.7 Å². The molecule has 2 aromatic rings. The van der Waals surface area contributed by atoms with Gasteiger partial charge in [0.25, 0.3) is 0 Å². The van der Waals surface area contributed by atoms with Crippen LogP contribution in [0.3, 0.4) is 0 Å². The Balaban J connectivity index is 2.17. The summed E-state index contributed by atoms with van der Waals surface area (Å²) >= 11 is 0. The predicted molar refractivity (Wildman–Crippen MR) is 61.0 cm³/mol. The SMILES string of the molecule is CN(Cc1ccco1)c1cnccc1CO. The second-order valence-corrected chi connectivity index (χ2v) is 3.60. The van der Waals surface area contributed by atoms with Crippen molar-refractivity contribution in [1.29, 1.82) is 0 Å². The molecule has 1 N–H and O–H groups in total. The Hall–Kier alpha value is -1.81. The van der Waals surface area contributed by atoms with Gasteiger partial charge in [-0.25, -0.2) is 0 Å². The molecule has 0 unspecified atom stereocenters. The molecule has 0 spiro atoms. The lowest BCUT2D eigenvalue weighted by Gasteiger charge is -2.20. The maximum absolute atomic E-state index is 9.22. The Labute approximate surface area is 94.2 Å². The highest BCUT2D eigenvalue weighted by molar-refractivity contribution is 5.50. The second-order valence-electron chi connectivity index (χ2n) is 3.60. The number of aliphatic hydroxyl groups excluding tert-OH is 1. The van der Waals surface area contributed by atoms with Crippen LogP contribution < -0.4 is 4.90 Å². The predicted octanol–water partition coefficient (Wildman–Crippen LogP) is 1.80. The van der Waals surface area contributed by atoms with Gasteiger partial charge in [-0.1, -0.05) is 0 Å². The van der Waals surface area contributed by atoms with Crippen molar-refractivity contribution in [2.75, 3.05) is 11.9 Å². The van der Waals surface area contributed by atoms with Crippen LogP contribution in [0.1, 0.15) is 11.3 Å². The molecule has 4 heteroatoms. The molecular formula is C12H14N2O2. The number of rotatable bonds is 4. The second kappa shape index (κ2) is 4.81. The van der Waals surface area contributed by atoms with E-state index < -0.39 is 0 Å². The van der Waals surface area contributed by atoms with Crippen molar-refractivity contribution in [3.8, 4) is 0 Å². The molecule has 0 aliphatic carbocycles. The molecule has 0 aliphatic rings. The third kappa shape index (κ3) is 2.23. The molecule has 0 radical (unpaired) electrons. The lowest BCUT2D eigenvalue weighted by atomic mass is 10.2. The van der Waals surface area contributed by atoms with Crippen LogP contribution in [0, 0.1) is 0 Å². The van der Waals surface area contributed by atoms with Crippen LogP contribution in [0.15, 0.2) is 41.3 Å². The first-order valence-electron chi connectivity index (χ1n) is 5.08. The lowest BCUT2D eigenvalue weighted by Crippen LogP contribution is -2.17. The summed E-state index contributed by atoms with van der Waals surface area (Å²) in [6.07, 6.45) is 5.07. The van der Waals surface area contributed by atoms with Crippen LogP contribution in [-0.2, 0) is 13.2 Å². The van der Waals surface area contributed by atoms with Crippen LogP contribution in [0.2, 0.25) is 0 Å². The van der Waals surface area contributed by atoms with E-state index in [4.69, 9.17) is 4.42 Å². The van der Waals surface area contributed by atoms with Crippen LogP contribution in [0.5, 0.6) is 0 Å². The zero-order valence-electron chi connectivity index (χ0n) is 9.13. The van der Waals surface area contributed by atoms with Gasteiger partial charge in [-0.2, -0.15) is 0 Å². The van der Waals surface area contributed by atoms with Gasteiger partial charge in [0.15, 0.2) is 0 Å². The number of aliphatic hydroxyl groups is 1. The third-order valence-electron chi connectivity index (χ3n) is 2.44. The van der Waals surface area contributed by atoms with Crippen molar-refractivity contribution in [2.24, 2.45) is 0 Å². The number of furan rings is 1. The van der Waals surface area contributed by atoms with Crippen LogP contribution in [-0.4, -0.2) is 17.1 Å². The summed E-state index contributed by atoms with van der Waals surface area (Å²) in [5, 5.41) is 9.22. The molecule has 0 amide bonds. The molecule has 2 aromatic heterocycles. The summed E-state index contributed by atoms with van der Waals surface area (Å²) < 4.78 is 5.27. The van der Waals surface area contributed by atoms with E-state index in [2.05, 4.69) is 4.98 Å². The van der Waals surface area contributed by atoms with Gasteiger partial charge in [-0.15, -0.1) is 0 Å². The molecule has 0 aliphatic heterocycles. The standard InChI is InChI=1S/C12H14N2O2/c1-14(8-11-3-2-6-16-11)12-7-13-5-4-10(12)9-15/h2-7,15H,8-9H2,1H3. The van der Waals surface area contributed by atoms with Crippen LogP contribution in [0.25, 0.3) is 0 Å². The van der Waals surface area contributed by atoms with Gasteiger partial charge < -0.3 is 14.4 Å². The summed E-state index contributed by atoms with van der Waals surface area (Å²) in [6.45, 7) is 0.673. The minimum absolute atomic E-state index is 0.0142. The molecule has 0 atom stereocenters. The van der Waals surface area contributed by atoms with Gasteiger partial charge in [-0.05, 0) is 18.2 Å². The van der Waals surface area contributed by atoms with E-state index >= 15 is 0 Å². The third-order valence-corrected chi connectivity index (χ3v) is 2.44. The van der Waals surface area contributed by atoms with Crippen LogP contribution in [0.4, 0.5) is 5.69 Å². The maximum atomic E-state index is 9.22. The van der Waals surface area contributed by atoms with Gasteiger partial charge in [0, 0.05) is 18.8 Å². The molecule has 2 rings (SSSR count). The van der Waals surface area contributed by atoms with E-state index in [9.17, 15) is 5.11 Å². The van der Waals surface area contributed by atoms with Gasteiger partial charge in [0.2, 0.25) is 0 Å². The number of anilines is 1. The Kier molecular flexibility index (Phi) is 3.22. The average Bonchev–Trinajstić information content (AvgIpc) is 2.81. The molecule has 0 bridgehead atoms. The molecule has 0 aromatic carbocycles. The molecule has 0 saturated heterocycles. The number of hydrogen-bond acceptors (Lipinski definition) is 4. The zero-order valence-corrected chi connectivity index (χ0v) is 9.13. The Morgan fingerprint density at radius 1 is 1.44 bits per heavy atom. The first-order chi connectivity index (χ1) is 7.81. The molecule has 84 valence electrons. The first-order valence-corrected chi connectivity index (χ1v) is 5.08. The van der Waals surface area contributed by atoms with E-state index in [-0.39, 0.29) is 6.61 Å². The van der Waals surface area contributed by atoms with Crippen molar-refractivity contribution in [2.45, 2.75) is 13.2 Å². The van der Waals surface area contributed by atoms with Crippen molar-refractivity contribution in [3.63, 3.8) is 0 Å². The minimum atomic E-state index is 0.0142. The Bertz CT molecular complexity index is 440. The summed E-state index contributed by atoms with van der Waals surface area (Å²) in [5.41, 5.74) is 1.78. The Morgan fingerprint density at radius 2 is 2.31 bits per heavy atom. The van der Waals surface area contributed by atoms with E-state index in [0.29, 0.717) is 6.54 Å². The number of aromatic nitrogens is 1. The lowest BCUT2D eigenvalue weighted by molar-refractivity contribution is 0.282. The topological polar surface area (TPSA) is 49.5 Å².